The summed E-state index contributed by atoms with van der Waals surface area (Å²) in [5.74, 6) is 0.542. The first kappa shape index (κ1) is 14.3. The van der Waals surface area contributed by atoms with Crippen molar-refractivity contribution >= 4 is 0 Å². The van der Waals surface area contributed by atoms with Crippen LogP contribution in [0.1, 0.15) is 17.5 Å². The highest BCUT2D eigenvalue weighted by atomic mass is 16.3. The lowest BCUT2D eigenvalue weighted by atomic mass is 9.89. The average Bonchev–Trinajstić information content (AvgIpc) is 2.48. The van der Waals surface area contributed by atoms with Crippen LogP contribution in [0.3, 0.4) is 0 Å². The van der Waals surface area contributed by atoms with Crippen LogP contribution >= 0.6 is 0 Å². The fourth-order valence-electron chi connectivity index (χ4n) is 3.34. The Labute approximate surface area is 127 Å². The monoisotopic (exact) mass is 281 g/mol. The minimum absolute atomic E-state index is 0.198. The second-order valence-electron chi connectivity index (χ2n) is 6.12. The van der Waals surface area contributed by atoms with Gasteiger partial charge >= 0.3 is 0 Å². The number of nitrogens with zero attached hydrogens (tertiary/aromatic N) is 1. The molecule has 2 nitrogen and oxygen atoms in total. The first-order valence-corrected chi connectivity index (χ1v) is 7.78. The SMILES string of the molecule is OC1CC(Cc2ccccc2)CN(Cc2ccccc2)C1. The zero-order valence-corrected chi connectivity index (χ0v) is 12.4. The van der Waals surface area contributed by atoms with E-state index in [4.69, 9.17) is 0 Å². The quantitative estimate of drug-likeness (QED) is 0.931. The van der Waals surface area contributed by atoms with Gasteiger partial charge in [-0.1, -0.05) is 60.7 Å². The van der Waals surface area contributed by atoms with Crippen molar-refractivity contribution in [3.8, 4) is 0 Å². The first-order valence-electron chi connectivity index (χ1n) is 7.78. The normalized spacial score (nSPS) is 23.1. The highest BCUT2D eigenvalue weighted by Crippen LogP contribution is 2.22. The van der Waals surface area contributed by atoms with E-state index >= 15 is 0 Å². The third kappa shape index (κ3) is 4.16. The first-order chi connectivity index (χ1) is 10.3. The van der Waals surface area contributed by atoms with E-state index in [9.17, 15) is 5.11 Å². The highest BCUT2D eigenvalue weighted by Gasteiger charge is 2.25. The molecular weight excluding hydrogens is 258 g/mol. The third-order valence-electron chi connectivity index (χ3n) is 4.21. The maximum Gasteiger partial charge on any atom is 0.0670 e. The number of aliphatic hydroxyl groups excluding tert-OH is 1. The molecule has 0 spiro atoms. The number of β-amino-alcohol motifs (C(OH)–C–C–N with tert-alkyl or cyclic N) is 1. The topological polar surface area (TPSA) is 23.5 Å². The summed E-state index contributed by atoms with van der Waals surface area (Å²) < 4.78 is 0. The van der Waals surface area contributed by atoms with Crippen LogP contribution in [0.4, 0.5) is 0 Å². The standard InChI is InChI=1S/C19H23NO/c21-19-12-18(11-16-7-3-1-4-8-16)14-20(15-19)13-17-9-5-2-6-10-17/h1-10,18-19,21H,11-15H2. The van der Waals surface area contributed by atoms with E-state index < -0.39 is 0 Å². The van der Waals surface area contributed by atoms with Crippen molar-refractivity contribution in [1.29, 1.82) is 0 Å². The minimum atomic E-state index is -0.198. The summed E-state index contributed by atoms with van der Waals surface area (Å²) in [6.45, 7) is 2.80. The van der Waals surface area contributed by atoms with E-state index in [2.05, 4.69) is 59.5 Å². The van der Waals surface area contributed by atoms with Gasteiger partial charge < -0.3 is 5.11 Å². The van der Waals surface area contributed by atoms with Crippen LogP contribution < -0.4 is 0 Å². The van der Waals surface area contributed by atoms with E-state index in [-0.39, 0.29) is 6.10 Å². The predicted molar refractivity (Wildman–Crippen MR) is 86.0 cm³/mol. The Kier molecular flexibility index (Phi) is 4.69. The molecule has 1 aliphatic rings. The van der Waals surface area contributed by atoms with Gasteiger partial charge in [-0.15, -0.1) is 0 Å². The maximum absolute atomic E-state index is 10.2. The molecule has 0 aromatic heterocycles. The summed E-state index contributed by atoms with van der Waals surface area (Å²) in [6.07, 6.45) is 1.78. The van der Waals surface area contributed by atoms with Crippen molar-refractivity contribution in [2.75, 3.05) is 13.1 Å². The van der Waals surface area contributed by atoms with Crippen LogP contribution in [0.2, 0.25) is 0 Å². The highest BCUT2D eigenvalue weighted by molar-refractivity contribution is 5.16. The Hall–Kier alpha value is -1.64. The zero-order valence-electron chi connectivity index (χ0n) is 12.4. The molecule has 0 amide bonds. The number of rotatable bonds is 4. The molecular formula is C19H23NO. The van der Waals surface area contributed by atoms with E-state index in [0.29, 0.717) is 5.92 Å². The van der Waals surface area contributed by atoms with Crippen LogP contribution in [0.5, 0.6) is 0 Å². The Morgan fingerprint density at radius 3 is 2.14 bits per heavy atom. The molecule has 2 unspecified atom stereocenters. The molecule has 1 aliphatic heterocycles. The fraction of sp³-hybridized carbons (Fsp3) is 0.368. The van der Waals surface area contributed by atoms with E-state index in [1.54, 1.807) is 0 Å². The van der Waals surface area contributed by atoms with Gasteiger partial charge in [-0.05, 0) is 29.9 Å². The molecule has 21 heavy (non-hydrogen) atoms. The number of hydrogen-bond acceptors (Lipinski definition) is 2. The van der Waals surface area contributed by atoms with Gasteiger partial charge in [-0.2, -0.15) is 0 Å². The van der Waals surface area contributed by atoms with Crippen molar-refractivity contribution < 1.29 is 5.11 Å². The number of likely N-dealkylation sites (tertiary alicyclic amines) is 1. The number of benzene rings is 2. The third-order valence-corrected chi connectivity index (χ3v) is 4.21. The van der Waals surface area contributed by atoms with Crippen molar-refractivity contribution in [3.63, 3.8) is 0 Å². The Morgan fingerprint density at radius 2 is 1.48 bits per heavy atom. The number of hydrogen-bond donors (Lipinski definition) is 1. The molecule has 0 bridgehead atoms. The molecule has 1 saturated heterocycles. The lowest BCUT2D eigenvalue weighted by Crippen LogP contribution is -2.43. The van der Waals surface area contributed by atoms with Crippen molar-refractivity contribution in [3.05, 3.63) is 71.8 Å². The molecule has 2 atom stereocenters. The lowest BCUT2D eigenvalue weighted by Gasteiger charge is -2.36. The average molecular weight is 281 g/mol. The molecule has 0 radical (unpaired) electrons. The molecule has 2 aromatic carbocycles. The van der Waals surface area contributed by atoms with E-state index in [1.807, 2.05) is 6.07 Å². The van der Waals surface area contributed by atoms with Crippen LogP contribution in [-0.4, -0.2) is 29.2 Å². The summed E-state index contributed by atoms with van der Waals surface area (Å²) >= 11 is 0. The van der Waals surface area contributed by atoms with E-state index in [1.165, 1.54) is 11.1 Å². The Bertz CT molecular complexity index is 491. The molecule has 1 fully saturated rings. The molecule has 2 aromatic rings. The van der Waals surface area contributed by atoms with Gasteiger partial charge in [0.05, 0.1) is 6.10 Å². The summed E-state index contributed by atoms with van der Waals surface area (Å²) in [6, 6.07) is 21.1. The number of aliphatic hydroxyl groups is 1. The Balaban J connectivity index is 1.62. The van der Waals surface area contributed by atoms with Crippen LogP contribution in [0.25, 0.3) is 0 Å². The van der Waals surface area contributed by atoms with Crippen molar-refractivity contribution in [2.24, 2.45) is 5.92 Å². The van der Waals surface area contributed by atoms with E-state index in [0.717, 1.165) is 32.5 Å². The second kappa shape index (κ2) is 6.88. The molecule has 3 rings (SSSR count). The van der Waals surface area contributed by atoms with Gasteiger partial charge in [0.15, 0.2) is 0 Å². The van der Waals surface area contributed by atoms with Crippen LogP contribution in [-0.2, 0) is 13.0 Å². The molecule has 110 valence electrons. The maximum atomic E-state index is 10.2. The van der Waals surface area contributed by atoms with Gasteiger partial charge in [-0.25, -0.2) is 0 Å². The van der Waals surface area contributed by atoms with Gasteiger partial charge in [0, 0.05) is 19.6 Å². The summed E-state index contributed by atoms with van der Waals surface area (Å²) in [4.78, 5) is 2.39. The van der Waals surface area contributed by atoms with Gasteiger partial charge in [0.25, 0.3) is 0 Å². The molecule has 2 heteroatoms. The smallest absolute Gasteiger partial charge is 0.0670 e. The number of piperidine rings is 1. The van der Waals surface area contributed by atoms with Gasteiger partial charge in [-0.3, -0.25) is 4.90 Å². The van der Waals surface area contributed by atoms with Crippen molar-refractivity contribution in [2.45, 2.75) is 25.5 Å². The lowest BCUT2D eigenvalue weighted by molar-refractivity contribution is 0.0360. The predicted octanol–water partition coefficient (Wildman–Crippen LogP) is 3.11. The van der Waals surface area contributed by atoms with Crippen LogP contribution in [0, 0.1) is 5.92 Å². The summed E-state index contributed by atoms with van der Waals surface area (Å²) in [5, 5.41) is 10.2. The minimum Gasteiger partial charge on any atom is -0.392 e. The molecule has 1 N–H and O–H groups in total. The van der Waals surface area contributed by atoms with Crippen molar-refractivity contribution in [1.82, 2.24) is 4.90 Å². The Morgan fingerprint density at radius 1 is 0.857 bits per heavy atom. The summed E-state index contributed by atoms with van der Waals surface area (Å²) in [7, 11) is 0. The second-order valence-corrected chi connectivity index (χ2v) is 6.12. The molecule has 0 aliphatic carbocycles. The summed E-state index contributed by atoms with van der Waals surface area (Å²) in [5.41, 5.74) is 2.70. The zero-order chi connectivity index (χ0) is 14.5. The van der Waals surface area contributed by atoms with Crippen LogP contribution in [0.15, 0.2) is 60.7 Å². The fourth-order valence-corrected chi connectivity index (χ4v) is 3.34. The van der Waals surface area contributed by atoms with Gasteiger partial charge in [0.2, 0.25) is 0 Å². The molecule has 1 heterocycles. The molecule has 0 saturated carbocycles. The largest absolute Gasteiger partial charge is 0.392 e. The van der Waals surface area contributed by atoms with Gasteiger partial charge in [0.1, 0.15) is 0 Å².